The van der Waals surface area contributed by atoms with Gasteiger partial charge in [-0.25, -0.2) is 18.9 Å². The molecule has 2 aliphatic rings. The van der Waals surface area contributed by atoms with Crippen LogP contribution in [0, 0.1) is 0 Å². The van der Waals surface area contributed by atoms with Crippen molar-refractivity contribution in [1.82, 2.24) is 28.4 Å². The molecule has 0 bridgehead atoms. The minimum atomic E-state index is -3.92. The maximum absolute atomic E-state index is 14.4. The van der Waals surface area contributed by atoms with E-state index in [1.165, 1.54) is 61.9 Å². The topological polar surface area (TPSA) is 217 Å². The number of rotatable bonds is 11. The Bertz CT molecular complexity index is 1640. The van der Waals surface area contributed by atoms with Crippen molar-refractivity contribution < 1.29 is 37.3 Å². The van der Waals surface area contributed by atoms with Gasteiger partial charge in [-0.2, -0.15) is 0 Å². The molecule has 0 radical (unpaired) electrons. The highest BCUT2D eigenvalue weighted by Crippen LogP contribution is 2.55. The quantitative estimate of drug-likeness (QED) is 0.265. The van der Waals surface area contributed by atoms with Crippen LogP contribution in [-0.4, -0.2) is 99.9 Å². The minimum absolute atomic E-state index is 0.00687. The first-order valence-corrected chi connectivity index (χ1v) is 16.1. The molecule has 238 valence electrons. The van der Waals surface area contributed by atoms with Crippen LogP contribution in [0.2, 0.25) is 0 Å². The Morgan fingerprint density at radius 3 is 2.09 bits per heavy atom. The molecule has 2 aliphatic heterocycles. The second kappa shape index (κ2) is 13.5. The molecule has 3 N–H and O–H groups in total. The lowest BCUT2D eigenvalue weighted by molar-refractivity contribution is -0.0896. The summed E-state index contributed by atoms with van der Waals surface area (Å²) in [7, 11) is -2.09. The first kappa shape index (κ1) is 33.1. The SMILES string of the molecule is COP(=O)(/C=C/[C@@H]1CN(P(=O)(OC[C@H]2O[C@@H](n3ccc(=O)[nH]c3=O)C[C@@H]2O)N(C)C)C[C@H](n2ccc(=O)[nH]c2=O)O1)OC. The highest BCUT2D eigenvalue weighted by molar-refractivity contribution is 7.57. The van der Waals surface area contributed by atoms with Gasteiger partial charge in [-0.3, -0.25) is 37.8 Å². The van der Waals surface area contributed by atoms with E-state index in [1.54, 1.807) is 0 Å². The summed E-state index contributed by atoms with van der Waals surface area (Å²) in [5.74, 6) is 1.18. The maximum Gasteiger partial charge on any atom is 0.353 e. The van der Waals surface area contributed by atoms with Gasteiger partial charge in [0.1, 0.15) is 12.3 Å². The van der Waals surface area contributed by atoms with Crippen molar-refractivity contribution in [1.29, 1.82) is 0 Å². The van der Waals surface area contributed by atoms with Crippen molar-refractivity contribution in [2.75, 3.05) is 48.0 Å². The Labute approximate surface area is 244 Å². The van der Waals surface area contributed by atoms with Crippen molar-refractivity contribution in [3.05, 3.63) is 78.1 Å². The summed E-state index contributed by atoms with van der Waals surface area (Å²) >= 11 is 0. The van der Waals surface area contributed by atoms with Gasteiger partial charge in [0.15, 0.2) is 6.23 Å². The van der Waals surface area contributed by atoms with Crippen LogP contribution in [0.3, 0.4) is 0 Å². The van der Waals surface area contributed by atoms with Crippen LogP contribution in [0.5, 0.6) is 0 Å². The van der Waals surface area contributed by atoms with Gasteiger partial charge >= 0.3 is 26.6 Å². The third-order valence-electron chi connectivity index (χ3n) is 6.88. The first-order chi connectivity index (χ1) is 20.3. The third kappa shape index (κ3) is 7.49. The molecule has 6 atom stereocenters. The monoisotopic (exact) mass is 648 g/mol. The molecule has 0 aliphatic carbocycles. The molecule has 43 heavy (non-hydrogen) atoms. The fraction of sp³-hybridized carbons (Fsp3) is 0.565. The number of aromatic amines is 2. The van der Waals surface area contributed by atoms with Gasteiger partial charge in [0.2, 0.25) is 0 Å². The zero-order valence-electron chi connectivity index (χ0n) is 23.8. The highest BCUT2D eigenvalue weighted by Gasteiger charge is 2.44. The van der Waals surface area contributed by atoms with E-state index in [-0.39, 0.29) is 26.1 Å². The molecule has 0 spiro atoms. The van der Waals surface area contributed by atoms with Gasteiger partial charge in [-0.1, -0.05) is 0 Å². The molecule has 0 saturated carbocycles. The number of ether oxygens (including phenoxy) is 2. The predicted octanol–water partition coefficient (Wildman–Crippen LogP) is -0.379. The average Bonchev–Trinajstić information content (AvgIpc) is 3.34. The molecule has 0 amide bonds. The van der Waals surface area contributed by atoms with Crippen LogP contribution in [0.4, 0.5) is 0 Å². The molecule has 4 rings (SSSR count). The fourth-order valence-electron chi connectivity index (χ4n) is 4.58. The van der Waals surface area contributed by atoms with Crippen LogP contribution in [0.25, 0.3) is 0 Å². The van der Waals surface area contributed by atoms with Crippen molar-refractivity contribution in [3.8, 4) is 0 Å². The normalized spacial score (nSPS) is 26.7. The van der Waals surface area contributed by atoms with E-state index in [4.69, 9.17) is 23.0 Å². The van der Waals surface area contributed by atoms with E-state index in [1.807, 2.05) is 0 Å². The van der Waals surface area contributed by atoms with Gasteiger partial charge in [0, 0.05) is 57.5 Å². The second-order valence-corrected chi connectivity index (χ2v) is 14.6. The zero-order chi connectivity index (χ0) is 31.5. The Kier molecular flexibility index (Phi) is 10.4. The first-order valence-electron chi connectivity index (χ1n) is 13.0. The lowest BCUT2D eigenvalue weighted by Gasteiger charge is -2.42. The number of aromatic nitrogens is 4. The molecule has 4 heterocycles. The number of morpholine rings is 1. The van der Waals surface area contributed by atoms with E-state index in [9.17, 15) is 33.4 Å². The summed E-state index contributed by atoms with van der Waals surface area (Å²) < 4.78 is 59.7. The maximum atomic E-state index is 14.4. The molecule has 18 nitrogen and oxygen atoms in total. The van der Waals surface area contributed by atoms with Gasteiger partial charge in [-0.05, 0) is 20.2 Å². The average molecular weight is 649 g/mol. The molecular weight excluding hydrogens is 614 g/mol. The number of aliphatic hydroxyl groups is 1. The van der Waals surface area contributed by atoms with Crippen LogP contribution < -0.4 is 22.5 Å². The van der Waals surface area contributed by atoms with E-state index in [2.05, 4.69) is 9.97 Å². The van der Waals surface area contributed by atoms with Gasteiger partial charge in [0.25, 0.3) is 11.1 Å². The lowest BCUT2D eigenvalue weighted by Crippen LogP contribution is -2.48. The Hall–Kier alpha value is -2.76. The summed E-state index contributed by atoms with van der Waals surface area (Å²) in [6.07, 6.45) is -1.08. The summed E-state index contributed by atoms with van der Waals surface area (Å²) in [4.78, 5) is 52.1. The summed E-state index contributed by atoms with van der Waals surface area (Å²) in [6, 6.07) is 2.27. The lowest BCUT2D eigenvalue weighted by atomic mass is 10.2. The largest absolute Gasteiger partial charge is 0.390 e. The Morgan fingerprint density at radius 1 is 0.977 bits per heavy atom. The van der Waals surface area contributed by atoms with E-state index < -0.39 is 68.5 Å². The summed E-state index contributed by atoms with van der Waals surface area (Å²) in [5.41, 5.74) is -2.69. The molecular formula is C23H34N6O12P2. The summed E-state index contributed by atoms with van der Waals surface area (Å²) in [5, 5.41) is 10.6. The third-order valence-corrected chi connectivity index (χ3v) is 11.0. The van der Waals surface area contributed by atoms with E-state index >= 15 is 0 Å². The molecule has 1 unspecified atom stereocenters. The van der Waals surface area contributed by atoms with Gasteiger partial charge in [0.05, 0.1) is 25.4 Å². The molecule has 2 aromatic heterocycles. The smallest absolute Gasteiger partial charge is 0.353 e. The second-order valence-electron chi connectivity index (χ2n) is 9.85. The van der Waals surface area contributed by atoms with Crippen LogP contribution in [0.1, 0.15) is 18.9 Å². The molecule has 20 heteroatoms. The number of hydrogen-bond donors (Lipinski definition) is 3. The predicted molar refractivity (Wildman–Crippen MR) is 151 cm³/mol. The fourth-order valence-corrected chi connectivity index (χ4v) is 7.33. The van der Waals surface area contributed by atoms with Crippen molar-refractivity contribution in [2.24, 2.45) is 0 Å². The highest BCUT2D eigenvalue weighted by atomic mass is 31.2. The van der Waals surface area contributed by atoms with E-state index in [0.29, 0.717) is 0 Å². The van der Waals surface area contributed by atoms with Gasteiger partial charge in [-0.15, -0.1) is 0 Å². The molecule has 2 fully saturated rings. The van der Waals surface area contributed by atoms with Gasteiger partial charge < -0.3 is 28.2 Å². The molecule has 0 aromatic carbocycles. The van der Waals surface area contributed by atoms with Crippen LogP contribution in [-0.2, 0) is 32.2 Å². The van der Waals surface area contributed by atoms with Crippen LogP contribution >= 0.6 is 15.3 Å². The zero-order valence-corrected chi connectivity index (χ0v) is 25.6. The number of hydrogen-bond acceptors (Lipinski definition) is 12. The number of nitrogens with zero attached hydrogens (tertiary/aromatic N) is 4. The Morgan fingerprint density at radius 2 is 1.56 bits per heavy atom. The minimum Gasteiger partial charge on any atom is -0.390 e. The van der Waals surface area contributed by atoms with Crippen molar-refractivity contribution >= 4 is 15.3 Å². The number of aliphatic hydroxyl groups excluding tert-OH is 1. The van der Waals surface area contributed by atoms with Crippen molar-refractivity contribution in [2.45, 2.75) is 37.2 Å². The number of nitrogens with one attached hydrogen (secondary N) is 2. The molecule has 2 saturated heterocycles. The van der Waals surface area contributed by atoms with E-state index in [0.717, 1.165) is 21.3 Å². The standard InChI is InChI=1S/C23H34N6O12P2/c1-26(2)43(36,39-14-17-16(30)11-20(41-17)28-8-5-18(31)24-22(28)33)27-12-15(7-10-42(35,37-3)38-4)40-21(13-27)29-9-6-19(32)25-23(29)34/h5-10,15-17,20-21,30H,11-14H2,1-4H3,(H,24,31,33)(H,25,32,34)/b10-7+/t15-,16+,17-,20-,21-,43?/m1/s1. The van der Waals surface area contributed by atoms with Crippen LogP contribution in [0.15, 0.2) is 55.6 Å². The molecule has 2 aromatic rings. The van der Waals surface area contributed by atoms with Crippen molar-refractivity contribution in [3.63, 3.8) is 0 Å². The summed E-state index contributed by atoms with van der Waals surface area (Å²) in [6.45, 7) is -0.548. The Balaban J connectivity index is 1.59. The number of H-pyrrole nitrogens is 2.